The third kappa shape index (κ3) is 20.4. The second-order valence-corrected chi connectivity index (χ2v) is 7.32. The maximum absolute atomic E-state index is 11.5. The lowest BCUT2D eigenvalue weighted by atomic mass is 10.1. The highest BCUT2D eigenvalue weighted by Crippen LogP contribution is 2.05. The van der Waals surface area contributed by atoms with E-state index >= 15 is 0 Å². The molecule has 0 saturated heterocycles. The third-order valence-corrected chi connectivity index (χ3v) is 4.48. The lowest BCUT2D eigenvalue weighted by Crippen LogP contribution is -2.38. The Kier molecular flexibility index (Phi) is 19.1. The van der Waals surface area contributed by atoms with Crippen LogP contribution in [0.4, 0.5) is 0 Å². The Hall–Kier alpha value is -2.10. The molecular weight excluding hydrogens is 362 g/mol. The average Bonchev–Trinajstić information content (AvgIpc) is 2.69. The lowest BCUT2D eigenvalue weighted by Gasteiger charge is -2.08. The largest absolute Gasteiger partial charge is 0.480 e. The number of rotatable bonds is 18. The average molecular weight is 404 g/mol. The van der Waals surface area contributed by atoms with E-state index in [1.54, 1.807) is 0 Å². The number of unbranched alkanes of at least 4 members (excludes halogenated alkanes) is 6. The molecule has 0 aliphatic carbocycles. The van der Waals surface area contributed by atoms with E-state index in [1.165, 1.54) is 32.6 Å². The van der Waals surface area contributed by atoms with Crippen molar-refractivity contribution in [3.63, 3.8) is 0 Å². The summed E-state index contributed by atoms with van der Waals surface area (Å²) in [5, 5.41) is 11.2. The molecule has 0 aliphatic heterocycles. The van der Waals surface area contributed by atoms with Crippen LogP contribution >= 0.6 is 0 Å². The van der Waals surface area contributed by atoms with Gasteiger partial charge >= 0.3 is 5.97 Å². The van der Waals surface area contributed by atoms with Gasteiger partial charge in [-0.2, -0.15) is 0 Å². The number of carbonyl (C=O) groups excluding carboxylic acids is 1. The Morgan fingerprint density at radius 2 is 1.24 bits per heavy atom. The van der Waals surface area contributed by atoms with Crippen LogP contribution in [0.1, 0.15) is 90.9 Å². The Morgan fingerprint density at radius 1 is 0.759 bits per heavy atom. The molecule has 1 atom stereocenters. The van der Waals surface area contributed by atoms with Crippen molar-refractivity contribution in [1.29, 1.82) is 0 Å². The van der Waals surface area contributed by atoms with Crippen molar-refractivity contribution in [2.24, 2.45) is 0 Å². The first-order valence-corrected chi connectivity index (χ1v) is 11.2. The zero-order chi connectivity index (χ0) is 21.6. The summed E-state index contributed by atoms with van der Waals surface area (Å²) in [6, 6.07) is -0.814. The first kappa shape index (κ1) is 26.9. The third-order valence-electron chi connectivity index (χ3n) is 4.48. The maximum Gasteiger partial charge on any atom is 0.325 e. The summed E-state index contributed by atoms with van der Waals surface area (Å²) in [7, 11) is 0. The molecule has 29 heavy (non-hydrogen) atoms. The SMILES string of the molecule is CCCCC/C=C\C/C=C\C/C=C\C/C=C\CCCCCC(=O)N[C@@H](C)C(=O)O. The van der Waals surface area contributed by atoms with E-state index < -0.39 is 12.0 Å². The molecular formula is C25H41NO3. The zero-order valence-corrected chi connectivity index (χ0v) is 18.4. The Balaban J connectivity index is 3.50. The molecule has 164 valence electrons. The van der Waals surface area contributed by atoms with Gasteiger partial charge in [-0.25, -0.2) is 0 Å². The van der Waals surface area contributed by atoms with Gasteiger partial charge in [0, 0.05) is 6.42 Å². The summed E-state index contributed by atoms with van der Waals surface area (Å²) in [5.74, 6) is -1.18. The molecule has 4 nitrogen and oxygen atoms in total. The van der Waals surface area contributed by atoms with Gasteiger partial charge in [-0.05, 0) is 58.3 Å². The number of carboxylic acid groups (broad SMARTS) is 1. The Labute approximate surface area is 177 Å². The Bertz CT molecular complexity index is 532. The van der Waals surface area contributed by atoms with E-state index in [0.717, 1.165) is 44.9 Å². The van der Waals surface area contributed by atoms with Crippen molar-refractivity contribution in [3.8, 4) is 0 Å². The van der Waals surface area contributed by atoms with Crippen molar-refractivity contribution in [2.75, 3.05) is 0 Å². The van der Waals surface area contributed by atoms with Crippen molar-refractivity contribution in [1.82, 2.24) is 5.32 Å². The van der Waals surface area contributed by atoms with Crippen molar-refractivity contribution in [2.45, 2.75) is 96.9 Å². The van der Waals surface area contributed by atoms with E-state index in [0.29, 0.717) is 6.42 Å². The fraction of sp³-hybridized carbons (Fsp3) is 0.600. The molecule has 0 aromatic carbocycles. The summed E-state index contributed by atoms with van der Waals surface area (Å²) in [6.45, 7) is 3.71. The molecule has 1 amide bonds. The van der Waals surface area contributed by atoms with Crippen LogP contribution in [0.2, 0.25) is 0 Å². The summed E-state index contributed by atoms with van der Waals surface area (Å²) >= 11 is 0. The molecule has 0 rings (SSSR count). The summed E-state index contributed by atoms with van der Waals surface area (Å²) in [4.78, 5) is 22.2. The second kappa shape index (κ2) is 20.6. The second-order valence-electron chi connectivity index (χ2n) is 7.32. The number of amides is 1. The summed E-state index contributed by atoms with van der Waals surface area (Å²) < 4.78 is 0. The number of carbonyl (C=O) groups is 2. The van der Waals surface area contributed by atoms with Crippen LogP contribution in [0.3, 0.4) is 0 Å². The van der Waals surface area contributed by atoms with Crippen LogP contribution in [0.25, 0.3) is 0 Å². The van der Waals surface area contributed by atoms with Crippen LogP contribution in [-0.2, 0) is 9.59 Å². The first-order valence-electron chi connectivity index (χ1n) is 11.2. The van der Waals surface area contributed by atoms with E-state index in [2.05, 4.69) is 60.8 Å². The van der Waals surface area contributed by atoms with E-state index in [-0.39, 0.29) is 5.91 Å². The highest BCUT2D eigenvalue weighted by molar-refractivity contribution is 5.83. The highest BCUT2D eigenvalue weighted by Gasteiger charge is 2.12. The molecule has 0 aromatic rings. The molecule has 4 heteroatoms. The van der Waals surface area contributed by atoms with Crippen LogP contribution < -0.4 is 5.32 Å². The molecule has 0 saturated carbocycles. The fourth-order valence-electron chi connectivity index (χ4n) is 2.66. The molecule has 0 unspecified atom stereocenters. The van der Waals surface area contributed by atoms with Gasteiger partial charge in [0.05, 0.1) is 0 Å². The van der Waals surface area contributed by atoms with Gasteiger partial charge < -0.3 is 10.4 Å². The van der Waals surface area contributed by atoms with Crippen molar-refractivity contribution < 1.29 is 14.7 Å². The monoisotopic (exact) mass is 403 g/mol. The fourth-order valence-corrected chi connectivity index (χ4v) is 2.66. The minimum absolute atomic E-state index is 0.183. The smallest absolute Gasteiger partial charge is 0.325 e. The molecule has 0 radical (unpaired) electrons. The van der Waals surface area contributed by atoms with Gasteiger partial charge in [0.2, 0.25) is 5.91 Å². The van der Waals surface area contributed by atoms with Crippen LogP contribution in [0.15, 0.2) is 48.6 Å². The normalized spacial score (nSPS) is 13.2. The number of carboxylic acids is 1. The summed E-state index contributed by atoms with van der Waals surface area (Å²) in [5.41, 5.74) is 0. The van der Waals surface area contributed by atoms with Gasteiger partial charge in [0.1, 0.15) is 6.04 Å². The van der Waals surface area contributed by atoms with Gasteiger partial charge in [-0.3, -0.25) is 9.59 Å². The van der Waals surface area contributed by atoms with Crippen LogP contribution in [-0.4, -0.2) is 23.0 Å². The number of nitrogens with one attached hydrogen (secondary N) is 1. The minimum Gasteiger partial charge on any atom is -0.480 e. The number of hydrogen-bond acceptors (Lipinski definition) is 2. The molecule has 0 aromatic heterocycles. The molecule has 0 spiro atoms. The van der Waals surface area contributed by atoms with Gasteiger partial charge in [-0.15, -0.1) is 0 Å². The molecule has 0 aliphatic rings. The molecule has 2 N–H and O–H groups in total. The maximum atomic E-state index is 11.5. The minimum atomic E-state index is -1.00. The Morgan fingerprint density at radius 3 is 1.72 bits per heavy atom. The number of hydrogen-bond donors (Lipinski definition) is 2. The first-order chi connectivity index (χ1) is 14.1. The van der Waals surface area contributed by atoms with Gasteiger partial charge in [-0.1, -0.05) is 74.8 Å². The quantitative estimate of drug-likeness (QED) is 0.203. The van der Waals surface area contributed by atoms with Crippen LogP contribution in [0.5, 0.6) is 0 Å². The van der Waals surface area contributed by atoms with E-state index in [4.69, 9.17) is 5.11 Å². The number of allylic oxidation sites excluding steroid dienone is 8. The van der Waals surface area contributed by atoms with Gasteiger partial charge in [0.25, 0.3) is 0 Å². The van der Waals surface area contributed by atoms with Crippen molar-refractivity contribution >= 4 is 11.9 Å². The highest BCUT2D eigenvalue weighted by atomic mass is 16.4. The van der Waals surface area contributed by atoms with Gasteiger partial charge in [0.15, 0.2) is 0 Å². The topological polar surface area (TPSA) is 66.4 Å². The standard InChI is InChI=1S/C25H41NO3/c1-3-4-5-6-7-8-9-10-11-12-13-14-15-16-17-18-19-20-21-22-24(27)26-23(2)25(28)29/h7-8,10-11,13-14,16-17,23H,3-6,9,12,15,18-22H2,1-2H3,(H,26,27)(H,28,29)/b8-7-,11-10-,14-13-,17-16-/t23-/m0/s1. The number of aliphatic carboxylic acids is 1. The molecule has 0 heterocycles. The van der Waals surface area contributed by atoms with E-state index in [9.17, 15) is 9.59 Å². The van der Waals surface area contributed by atoms with Crippen molar-refractivity contribution in [3.05, 3.63) is 48.6 Å². The predicted molar refractivity (Wildman–Crippen MR) is 123 cm³/mol. The predicted octanol–water partition coefficient (Wildman–Crippen LogP) is 6.50. The van der Waals surface area contributed by atoms with E-state index in [1.807, 2.05) is 0 Å². The van der Waals surface area contributed by atoms with Crippen LogP contribution in [0, 0.1) is 0 Å². The molecule has 0 bridgehead atoms. The lowest BCUT2D eigenvalue weighted by molar-refractivity contribution is -0.141. The summed E-state index contributed by atoms with van der Waals surface area (Å²) in [6.07, 6.45) is 30.1. The molecule has 0 fully saturated rings. The zero-order valence-electron chi connectivity index (χ0n) is 18.4.